The topological polar surface area (TPSA) is 80.3 Å². The maximum atomic E-state index is 12.0. The van der Waals surface area contributed by atoms with Gasteiger partial charge in [-0.25, -0.2) is 4.98 Å². The predicted molar refractivity (Wildman–Crippen MR) is 75.9 cm³/mol. The molecule has 6 nitrogen and oxygen atoms in total. The highest BCUT2D eigenvalue weighted by molar-refractivity contribution is 7.22. The first-order chi connectivity index (χ1) is 9.65. The average Bonchev–Trinajstić information content (AvgIpc) is 3.03. The number of aromatic nitrogens is 1. The minimum Gasteiger partial charge on any atom is -0.497 e. The molecule has 0 spiro atoms. The van der Waals surface area contributed by atoms with Crippen LogP contribution in [0.5, 0.6) is 5.75 Å². The zero-order valence-corrected chi connectivity index (χ0v) is 11.6. The van der Waals surface area contributed by atoms with Gasteiger partial charge in [0.2, 0.25) is 11.8 Å². The minimum absolute atomic E-state index is 0.0841. The van der Waals surface area contributed by atoms with Gasteiger partial charge in [0.15, 0.2) is 5.13 Å². The fourth-order valence-electron chi connectivity index (χ4n) is 2.08. The van der Waals surface area contributed by atoms with Crippen LogP contribution < -0.4 is 15.4 Å². The Morgan fingerprint density at radius 3 is 3.10 bits per heavy atom. The Morgan fingerprint density at radius 2 is 2.40 bits per heavy atom. The Hall–Kier alpha value is -2.15. The SMILES string of the molecule is COc1ccc2nc(NC(=O)C3CNC(=O)C3)sc2c1. The zero-order valence-electron chi connectivity index (χ0n) is 10.8. The summed E-state index contributed by atoms with van der Waals surface area (Å²) in [5.74, 6) is 0.183. The molecule has 20 heavy (non-hydrogen) atoms. The third-order valence-corrected chi connectivity index (χ3v) is 4.11. The van der Waals surface area contributed by atoms with Crippen LogP contribution >= 0.6 is 11.3 Å². The summed E-state index contributed by atoms with van der Waals surface area (Å²) >= 11 is 1.39. The summed E-state index contributed by atoms with van der Waals surface area (Å²) in [5.41, 5.74) is 0.812. The molecule has 2 N–H and O–H groups in total. The Bertz CT molecular complexity index is 683. The lowest BCUT2D eigenvalue weighted by Crippen LogP contribution is -2.24. The van der Waals surface area contributed by atoms with Crippen molar-refractivity contribution in [2.75, 3.05) is 19.0 Å². The second-order valence-corrected chi connectivity index (χ2v) is 5.58. The smallest absolute Gasteiger partial charge is 0.231 e. The minimum atomic E-state index is -0.316. The summed E-state index contributed by atoms with van der Waals surface area (Å²) in [6.45, 7) is 0.392. The maximum Gasteiger partial charge on any atom is 0.231 e. The second kappa shape index (κ2) is 5.09. The fourth-order valence-corrected chi connectivity index (χ4v) is 2.98. The molecule has 7 heteroatoms. The van der Waals surface area contributed by atoms with Gasteiger partial charge in [-0.05, 0) is 18.2 Å². The van der Waals surface area contributed by atoms with E-state index in [9.17, 15) is 9.59 Å². The summed E-state index contributed by atoms with van der Waals surface area (Å²) in [4.78, 5) is 27.4. The van der Waals surface area contributed by atoms with E-state index in [2.05, 4.69) is 15.6 Å². The molecule has 1 fully saturated rings. The Morgan fingerprint density at radius 1 is 1.55 bits per heavy atom. The number of benzene rings is 1. The number of rotatable bonds is 3. The van der Waals surface area contributed by atoms with Gasteiger partial charge < -0.3 is 15.4 Å². The molecule has 104 valence electrons. The monoisotopic (exact) mass is 291 g/mol. The number of methoxy groups -OCH3 is 1. The number of amides is 2. The van der Waals surface area contributed by atoms with Crippen LogP contribution in [0.15, 0.2) is 18.2 Å². The molecule has 3 rings (SSSR count). The molecule has 1 saturated heterocycles. The van der Waals surface area contributed by atoms with E-state index in [1.165, 1.54) is 11.3 Å². The van der Waals surface area contributed by atoms with Crippen LogP contribution in [0.4, 0.5) is 5.13 Å². The molecule has 2 aromatic rings. The molecule has 1 atom stereocenters. The first kappa shape index (κ1) is 12.9. The number of nitrogens with zero attached hydrogens (tertiary/aromatic N) is 1. The third-order valence-electron chi connectivity index (χ3n) is 3.17. The molecule has 0 aliphatic carbocycles. The Labute approximate surface area is 119 Å². The number of fused-ring (bicyclic) bond motifs is 1. The standard InChI is InChI=1S/C13H13N3O3S/c1-19-8-2-3-9-10(5-8)20-13(15-9)16-12(18)7-4-11(17)14-6-7/h2-3,5,7H,4,6H2,1H3,(H,14,17)(H,15,16,18). The van der Waals surface area contributed by atoms with E-state index in [0.29, 0.717) is 11.7 Å². The molecule has 0 bridgehead atoms. The molecular formula is C13H13N3O3S. The molecule has 1 aliphatic heterocycles. The van der Waals surface area contributed by atoms with Gasteiger partial charge in [-0.1, -0.05) is 11.3 Å². The summed E-state index contributed by atoms with van der Waals surface area (Å²) in [5, 5.41) is 5.95. The van der Waals surface area contributed by atoms with E-state index in [4.69, 9.17) is 4.74 Å². The summed E-state index contributed by atoms with van der Waals surface area (Å²) in [7, 11) is 1.61. The maximum absolute atomic E-state index is 12.0. The number of ether oxygens (including phenoxy) is 1. The molecule has 1 aliphatic rings. The van der Waals surface area contributed by atoms with Crippen molar-refractivity contribution in [3.63, 3.8) is 0 Å². The molecule has 1 aromatic heterocycles. The van der Waals surface area contributed by atoms with Crippen molar-refractivity contribution in [2.45, 2.75) is 6.42 Å². The van der Waals surface area contributed by atoms with Crippen LogP contribution in [0.3, 0.4) is 0 Å². The van der Waals surface area contributed by atoms with Crippen LogP contribution in [-0.4, -0.2) is 30.5 Å². The van der Waals surface area contributed by atoms with Crippen molar-refractivity contribution >= 4 is 38.5 Å². The number of hydrogen-bond acceptors (Lipinski definition) is 5. The van der Waals surface area contributed by atoms with E-state index >= 15 is 0 Å². The Balaban J connectivity index is 1.77. The van der Waals surface area contributed by atoms with Crippen LogP contribution in [0.2, 0.25) is 0 Å². The normalized spacial score (nSPS) is 18.1. The average molecular weight is 291 g/mol. The van der Waals surface area contributed by atoms with Crippen molar-refractivity contribution in [3.05, 3.63) is 18.2 Å². The first-order valence-corrected chi connectivity index (χ1v) is 6.99. The highest BCUT2D eigenvalue weighted by Gasteiger charge is 2.28. The van der Waals surface area contributed by atoms with Crippen molar-refractivity contribution in [2.24, 2.45) is 5.92 Å². The highest BCUT2D eigenvalue weighted by Crippen LogP contribution is 2.29. The molecular weight excluding hydrogens is 278 g/mol. The van der Waals surface area contributed by atoms with Crippen LogP contribution in [0.25, 0.3) is 10.2 Å². The van der Waals surface area contributed by atoms with Crippen LogP contribution in [0, 0.1) is 5.92 Å². The lowest BCUT2D eigenvalue weighted by Gasteiger charge is -2.05. The number of nitrogens with one attached hydrogen (secondary N) is 2. The van der Waals surface area contributed by atoms with Crippen molar-refractivity contribution < 1.29 is 14.3 Å². The fraction of sp³-hybridized carbons (Fsp3) is 0.308. The van der Waals surface area contributed by atoms with E-state index in [-0.39, 0.29) is 24.2 Å². The highest BCUT2D eigenvalue weighted by atomic mass is 32.1. The van der Waals surface area contributed by atoms with Gasteiger partial charge in [-0.2, -0.15) is 0 Å². The van der Waals surface area contributed by atoms with Gasteiger partial charge >= 0.3 is 0 Å². The van der Waals surface area contributed by atoms with Gasteiger partial charge in [0.25, 0.3) is 0 Å². The third kappa shape index (κ3) is 2.44. The van der Waals surface area contributed by atoms with Crippen LogP contribution in [0.1, 0.15) is 6.42 Å². The quantitative estimate of drug-likeness (QED) is 0.895. The lowest BCUT2D eigenvalue weighted by molar-refractivity contribution is -0.123. The second-order valence-electron chi connectivity index (χ2n) is 4.55. The number of anilines is 1. The molecule has 2 heterocycles. The molecule has 0 saturated carbocycles. The summed E-state index contributed by atoms with van der Waals surface area (Å²) in [6, 6.07) is 5.55. The van der Waals surface area contributed by atoms with Crippen molar-refractivity contribution in [3.8, 4) is 5.75 Å². The van der Waals surface area contributed by atoms with Crippen molar-refractivity contribution in [1.29, 1.82) is 0 Å². The molecule has 0 radical (unpaired) electrons. The van der Waals surface area contributed by atoms with E-state index in [1.807, 2.05) is 18.2 Å². The Kier molecular flexibility index (Phi) is 3.27. The van der Waals surface area contributed by atoms with Crippen LogP contribution in [-0.2, 0) is 9.59 Å². The largest absolute Gasteiger partial charge is 0.497 e. The zero-order chi connectivity index (χ0) is 14.1. The lowest BCUT2D eigenvalue weighted by atomic mass is 10.1. The first-order valence-electron chi connectivity index (χ1n) is 6.18. The molecule has 1 unspecified atom stereocenters. The van der Waals surface area contributed by atoms with Crippen molar-refractivity contribution in [1.82, 2.24) is 10.3 Å². The number of thiazole rings is 1. The summed E-state index contributed by atoms with van der Waals surface area (Å²) < 4.78 is 6.10. The predicted octanol–water partition coefficient (Wildman–Crippen LogP) is 1.38. The van der Waals surface area contributed by atoms with Gasteiger partial charge in [0.1, 0.15) is 5.75 Å². The van der Waals surface area contributed by atoms with E-state index < -0.39 is 0 Å². The van der Waals surface area contributed by atoms with Gasteiger partial charge in [-0.15, -0.1) is 0 Å². The number of carbonyl (C=O) groups is 2. The summed E-state index contributed by atoms with van der Waals surface area (Å²) in [6.07, 6.45) is 0.241. The molecule has 2 amide bonds. The van der Waals surface area contributed by atoms with E-state index in [1.54, 1.807) is 7.11 Å². The van der Waals surface area contributed by atoms with E-state index in [0.717, 1.165) is 16.0 Å². The van der Waals surface area contributed by atoms with Gasteiger partial charge in [-0.3, -0.25) is 9.59 Å². The number of carbonyl (C=O) groups excluding carboxylic acids is 2. The number of hydrogen-bond donors (Lipinski definition) is 2. The van der Waals surface area contributed by atoms with Gasteiger partial charge in [0.05, 0.1) is 23.2 Å². The molecule has 1 aromatic carbocycles. The van der Waals surface area contributed by atoms with Gasteiger partial charge in [0, 0.05) is 13.0 Å².